The van der Waals surface area contributed by atoms with Crippen molar-refractivity contribution in [2.75, 3.05) is 0 Å². The lowest BCUT2D eigenvalue weighted by molar-refractivity contribution is -0.122. The average molecular weight is 307 g/mol. The lowest BCUT2D eigenvalue weighted by Crippen LogP contribution is -2.41. The van der Waals surface area contributed by atoms with Gasteiger partial charge in [0, 0.05) is 5.38 Å². The lowest BCUT2D eigenvalue weighted by Gasteiger charge is -2.12. The van der Waals surface area contributed by atoms with Gasteiger partial charge in [-0.3, -0.25) is 4.79 Å². The standard InChI is InChI=1S/C14H17N3O3S/c1-8-17-10(7-21-8)6-16-14(20)11(15)4-9-2-3-12(18)13(19)5-9/h2-3,5,7,11,18-19H,4,6,15H2,1H3,(H,16,20)/t11-/m0/s1. The highest BCUT2D eigenvalue weighted by molar-refractivity contribution is 7.09. The van der Waals surface area contributed by atoms with Gasteiger partial charge in [0.2, 0.25) is 5.91 Å². The number of nitrogens with zero attached hydrogens (tertiary/aromatic N) is 1. The first-order valence-corrected chi connectivity index (χ1v) is 7.29. The number of carbonyl (C=O) groups excluding carboxylic acids is 1. The Hall–Kier alpha value is -2.12. The predicted molar refractivity (Wildman–Crippen MR) is 80.1 cm³/mol. The molecule has 0 saturated heterocycles. The van der Waals surface area contributed by atoms with E-state index in [1.165, 1.54) is 23.5 Å². The van der Waals surface area contributed by atoms with Crippen LogP contribution in [0.2, 0.25) is 0 Å². The smallest absolute Gasteiger partial charge is 0.237 e. The van der Waals surface area contributed by atoms with Crippen LogP contribution in [0.15, 0.2) is 23.6 Å². The van der Waals surface area contributed by atoms with E-state index in [0.29, 0.717) is 12.1 Å². The quantitative estimate of drug-likeness (QED) is 0.617. The van der Waals surface area contributed by atoms with Crippen LogP contribution in [-0.2, 0) is 17.8 Å². The molecular formula is C14H17N3O3S. The van der Waals surface area contributed by atoms with Crippen molar-refractivity contribution < 1.29 is 15.0 Å². The predicted octanol–water partition coefficient (Wildman–Crippen LogP) is 1.05. The van der Waals surface area contributed by atoms with Gasteiger partial charge in [-0.1, -0.05) is 6.07 Å². The van der Waals surface area contributed by atoms with Gasteiger partial charge in [-0.15, -0.1) is 11.3 Å². The summed E-state index contributed by atoms with van der Waals surface area (Å²) in [6, 6.07) is 3.65. The Bertz CT molecular complexity index is 642. The minimum atomic E-state index is -0.728. The fraction of sp³-hybridized carbons (Fsp3) is 0.286. The largest absolute Gasteiger partial charge is 0.504 e. The van der Waals surface area contributed by atoms with Crippen LogP contribution in [0.5, 0.6) is 11.5 Å². The SMILES string of the molecule is Cc1nc(CNC(=O)[C@@H](N)Cc2ccc(O)c(O)c2)cs1. The van der Waals surface area contributed by atoms with Crippen molar-refractivity contribution >= 4 is 17.2 Å². The molecule has 0 aliphatic heterocycles. The number of benzene rings is 1. The number of nitrogens with two attached hydrogens (primary N) is 1. The maximum absolute atomic E-state index is 11.9. The Balaban J connectivity index is 1.88. The number of rotatable bonds is 5. The molecule has 2 rings (SSSR count). The van der Waals surface area contributed by atoms with Gasteiger partial charge < -0.3 is 21.3 Å². The fourth-order valence-electron chi connectivity index (χ4n) is 1.84. The van der Waals surface area contributed by atoms with Crippen molar-refractivity contribution in [1.82, 2.24) is 10.3 Å². The normalized spacial score (nSPS) is 12.1. The number of hydrogen-bond donors (Lipinski definition) is 4. The minimum absolute atomic E-state index is 0.198. The van der Waals surface area contributed by atoms with E-state index >= 15 is 0 Å². The van der Waals surface area contributed by atoms with E-state index in [4.69, 9.17) is 5.73 Å². The molecule has 0 bridgehead atoms. The van der Waals surface area contributed by atoms with E-state index in [2.05, 4.69) is 10.3 Å². The summed E-state index contributed by atoms with van der Waals surface area (Å²) in [5, 5.41) is 24.2. The highest BCUT2D eigenvalue weighted by Gasteiger charge is 2.15. The van der Waals surface area contributed by atoms with Crippen LogP contribution < -0.4 is 11.1 Å². The highest BCUT2D eigenvalue weighted by atomic mass is 32.1. The third-order valence-electron chi connectivity index (χ3n) is 2.94. The van der Waals surface area contributed by atoms with Gasteiger partial charge in [-0.25, -0.2) is 4.98 Å². The zero-order valence-electron chi connectivity index (χ0n) is 11.5. The number of thiazole rings is 1. The zero-order chi connectivity index (χ0) is 15.4. The molecule has 0 saturated carbocycles. The van der Waals surface area contributed by atoms with Crippen molar-refractivity contribution in [3.63, 3.8) is 0 Å². The molecule has 5 N–H and O–H groups in total. The van der Waals surface area contributed by atoms with Crippen molar-refractivity contribution in [2.45, 2.75) is 25.9 Å². The van der Waals surface area contributed by atoms with Crippen LogP contribution in [0.1, 0.15) is 16.3 Å². The summed E-state index contributed by atoms with van der Waals surface area (Å²) in [5.41, 5.74) is 7.32. The molecule has 1 aromatic heterocycles. The van der Waals surface area contributed by atoms with Gasteiger partial charge >= 0.3 is 0 Å². The van der Waals surface area contributed by atoms with Crippen LogP contribution in [-0.4, -0.2) is 27.1 Å². The molecule has 7 heteroatoms. The topological polar surface area (TPSA) is 108 Å². The fourth-order valence-corrected chi connectivity index (χ4v) is 2.45. The van der Waals surface area contributed by atoms with Gasteiger partial charge in [0.25, 0.3) is 0 Å². The number of phenolic OH excluding ortho intramolecular Hbond substituents is 2. The number of aromatic nitrogens is 1. The molecule has 1 atom stereocenters. The highest BCUT2D eigenvalue weighted by Crippen LogP contribution is 2.25. The Morgan fingerprint density at radius 1 is 1.43 bits per heavy atom. The number of nitrogens with one attached hydrogen (secondary N) is 1. The molecule has 112 valence electrons. The summed E-state index contributed by atoms with van der Waals surface area (Å²) < 4.78 is 0. The van der Waals surface area contributed by atoms with Gasteiger partial charge in [0.15, 0.2) is 11.5 Å². The van der Waals surface area contributed by atoms with Gasteiger partial charge in [0.1, 0.15) is 0 Å². The molecule has 0 fully saturated rings. The Kier molecular flexibility index (Phi) is 4.77. The summed E-state index contributed by atoms with van der Waals surface area (Å²) in [5.74, 6) is -0.707. The van der Waals surface area contributed by atoms with Gasteiger partial charge in [-0.05, 0) is 31.0 Å². The van der Waals surface area contributed by atoms with E-state index in [9.17, 15) is 15.0 Å². The van der Waals surface area contributed by atoms with Crippen LogP contribution in [0.25, 0.3) is 0 Å². The third kappa shape index (κ3) is 4.17. The second kappa shape index (κ2) is 6.55. The summed E-state index contributed by atoms with van der Waals surface area (Å²) in [6.45, 7) is 2.25. The summed E-state index contributed by atoms with van der Waals surface area (Å²) in [6.07, 6.45) is 0.274. The van der Waals surface area contributed by atoms with Gasteiger partial charge in [-0.2, -0.15) is 0 Å². The van der Waals surface area contributed by atoms with E-state index in [0.717, 1.165) is 10.7 Å². The molecule has 1 aromatic carbocycles. The molecule has 1 heterocycles. The van der Waals surface area contributed by atoms with E-state index < -0.39 is 6.04 Å². The van der Waals surface area contributed by atoms with E-state index in [1.54, 1.807) is 6.07 Å². The Morgan fingerprint density at radius 3 is 2.81 bits per heavy atom. The van der Waals surface area contributed by atoms with Gasteiger partial charge in [0.05, 0.1) is 23.3 Å². The van der Waals surface area contributed by atoms with Crippen LogP contribution in [0.3, 0.4) is 0 Å². The molecule has 21 heavy (non-hydrogen) atoms. The molecule has 0 aliphatic rings. The lowest BCUT2D eigenvalue weighted by atomic mass is 10.1. The molecule has 0 radical (unpaired) electrons. The summed E-state index contributed by atoms with van der Waals surface area (Å²) in [7, 11) is 0. The first kappa shape index (κ1) is 15.3. The maximum atomic E-state index is 11.9. The summed E-state index contributed by atoms with van der Waals surface area (Å²) in [4.78, 5) is 16.2. The van der Waals surface area contributed by atoms with Crippen LogP contribution >= 0.6 is 11.3 Å². The molecule has 0 aliphatic carbocycles. The van der Waals surface area contributed by atoms with Crippen LogP contribution in [0.4, 0.5) is 0 Å². The number of aryl methyl sites for hydroxylation is 1. The second-order valence-corrected chi connectivity index (χ2v) is 5.77. The third-order valence-corrected chi connectivity index (χ3v) is 3.76. The molecule has 0 spiro atoms. The average Bonchev–Trinajstić information content (AvgIpc) is 2.86. The van der Waals surface area contributed by atoms with E-state index in [-0.39, 0.29) is 23.8 Å². The maximum Gasteiger partial charge on any atom is 0.237 e. The molecule has 1 amide bonds. The zero-order valence-corrected chi connectivity index (χ0v) is 12.4. The molecular weight excluding hydrogens is 290 g/mol. The first-order valence-electron chi connectivity index (χ1n) is 6.41. The number of phenols is 2. The number of hydrogen-bond acceptors (Lipinski definition) is 6. The molecule has 2 aromatic rings. The molecule has 0 unspecified atom stereocenters. The van der Waals surface area contributed by atoms with Crippen molar-refractivity contribution in [3.05, 3.63) is 39.8 Å². The second-order valence-electron chi connectivity index (χ2n) is 4.71. The van der Waals surface area contributed by atoms with Crippen molar-refractivity contribution in [3.8, 4) is 11.5 Å². The minimum Gasteiger partial charge on any atom is -0.504 e. The Morgan fingerprint density at radius 2 is 2.19 bits per heavy atom. The van der Waals surface area contributed by atoms with Crippen molar-refractivity contribution in [2.24, 2.45) is 5.73 Å². The van der Waals surface area contributed by atoms with Crippen LogP contribution in [0, 0.1) is 6.92 Å². The van der Waals surface area contributed by atoms with Crippen molar-refractivity contribution in [1.29, 1.82) is 0 Å². The molecule has 6 nitrogen and oxygen atoms in total. The van der Waals surface area contributed by atoms with E-state index in [1.807, 2.05) is 12.3 Å². The summed E-state index contributed by atoms with van der Waals surface area (Å²) >= 11 is 1.52. The Labute approximate surface area is 126 Å². The number of carbonyl (C=O) groups is 1. The monoisotopic (exact) mass is 307 g/mol. The first-order chi connectivity index (χ1) is 9.95. The number of amides is 1. The number of aromatic hydroxyl groups is 2.